The molecule has 2 heterocycles. The van der Waals surface area contributed by atoms with Crippen molar-refractivity contribution in [1.82, 2.24) is 9.38 Å². The number of imidazole rings is 1. The van der Waals surface area contributed by atoms with E-state index in [2.05, 4.69) is 46.8 Å². The predicted molar refractivity (Wildman–Crippen MR) is 75.1 cm³/mol. The molecule has 0 radical (unpaired) electrons. The smallest absolute Gasteiger partial charge is 0.195 e. The summed E-state index contributed by atoms with van der Waals surface area (Å²) < 4.78 is 2.16. The van der Waals surface area contributed by atoms with Crippen LogP contribution >= 0.6 is 11.3 Å². The summed E-state index contributed by atoms with van der Waals surface area (Å²) in [7, 11) is 0. The number of thiazole rings is 1. The van der Waals surface area contributed by atoms with Crippen LogP contribution in [-0.4, -0.2) is 9.38 Å². The van der Waals surface area contributed by atoms with Gasteiger partial charge in [0.05, 0.1) is 17.1 Å². The SMILES string of the molecule is C=Cc1nc2sc3c(n2c1C=C)C=CC=CC3. The molecule has 0 amide bonds. The largest absolute Gasteiger partial charge is 0.283 e. The standard InChI is InChI=1S/C14H12N2S/c1-3-10-11(4-2)16-12-8-6-5-7-9-13(12)17-14(16)15-10/h3-8H,1-2,9H2. The molecule has 0 N–H and O–H groups in total. The molecule has 1 aliphatic carbocycles. The Morgan fingerprint density at radius 2 is 2.18 bits per heavy atom. The maximum absolute atomic E-state index is 4.57. The summed E-state index contributed by atoms with van der Waals surface area (Å²) in [5, 5.41) is 0. The van der Waals surface area contributed by atoms with Gasteiger partial charge < -0.3 is 0 Å². The molecule has 0 fully saturated rings. The molecule has 2 nitrogen and oxygen atoms in total. The van der Waals surface area contributed by atoms with Gasteiger partial charge in [-0.2, -0.15) is 0 Å². The molecule has 0 spiro atoms. The van der Waals surface area contributed by atoms with Crippen LogP contribution in [0.4, 0.5) is 0 Å². The van der Waals surface area contributed by atoms with E-state index in [0.717, 1.165) is 22.8 Å². The lowest BCUT2D eigenvalue weighted by atomic mass is 10.2. The van der Waals surface area contributed by atoms with Gasteiger partial charge in [-0.05, 0) is 18.2 Å². The minimum absolute atomic E-state index is 0.902. The number of aromatic nitrogens is 2. The van der Waals surface area contributed by atoms with Crippen LogP contribution in [0.15, 0.2) is 31.4 Å². The summed E-state index contributed by atoms with van der Waals surface area (Å²) in [5.41, 5.74) is 3.14. The maximum atomic E-state index is 4.57. The molecule has 84 valence electrons. The van der Waals surface area contributed by atoms with E-state index in [-0.39, 0.29) is 0 Å². The summed E-state index contributed by atoms with van der Waals surface area (Å²) in [5.74, 6) is 0. The summed E-state index contributed by atoms with van der Waals surface area (Å²) in [6.45, 7) is 7.67. The molecule has 0 saturated heterocycles. The molecule has 2 aromatic rings. The van der Waals surface area contributed by atoms with Crippen LogP contribution in [0, 0.1) is 0 Å². The van der Waals surface area contributed by atoms with Crippen LogP contribution in [0.3, 0.4) is 0 Å². The molecule has 0 bridgehead atoms. The van der Waals surface area contributed by atoms with E-state index >= 15 is 0 Å². The van der Waals surface area contributed by atoms with Crippen LogP contribution in [0.5, 0.6) is 0 Å². The maximum Gasteiger partial charge on any atom is 0.195 e. The van der Waals surface area contributed by atoms with Crippen molar-refractivity contribution in [1.29, 1.82) is 0 Å². The number of nitrogens with zero attached hydrogens (tertiary/aromatic N) is 2. The number of hydrogen-bond acceptors (Lipinski definition) is 2. The average molecular weight is 240 g/mol. The Morgan fingerprint density at radius 1 is 1.29 bits per heavy atom. The van der Waals surface area contributed by atoms with Crippen LogP contribution in [0.1, 0.15) is 22.0 Å². The molecule has 0 aliphatic heterocycles. The molecule has 3 rings (SSSR count). The molecule has 0 saturated carbocycles. The molecule has 3 heteroatoms. The second-order valence-electron chi connectivity index (χ2n) is 3.81. The second-order valence-corrected chi connectivity index (χ2v) is 4.87. The zero-order chi connectivity index (χ0) is 11.8. The molecular formula is C14H12N2S. The van der Waals surface area contributed by atoms with Gasteiger partial charge in [0.1, 0.15) is 0 Å². The Balaban J connectivity index is 2.39. The first-order valence-corrected chi connectivity index (χ1v) is 6.29. The molecule has 1 aliphatic rings. The number of fused-ring (bicyclic) bond motifs is 3. The highest BCUT2D eigenvalue weighted by molar-refractivity contribution is 7.17. The van der Waals surface area contributed by atoms with Crippen molar-refractivity contribution in [3.05, 3.63) is 53.3 Å². The zero-order valence-electron chi connectivity index (χ0n) is 9.39. The minimum atomic E-state index is 0.902. The lowest BCUT2D eigenvalue weighted by Gasteiger charge is -1.98. The minimum Gasteiger partial charge on any atom is -0.283 e. The second kappa shape index (κ2) is 3.86. The normalized spacial score (nSPS) is 13.6. The van der Waals surface area contributed by atoms with Crippen molar-refractivity contribution < 1.29 is 0 Å². The summed E-state index contributed by atoms with van der Waals surface area (Å²) >= 11 is 1.73. The van der Waals surface area contributed by atoms with Crippen molar-refractivity contribution in [2.24, 2.45) is 0 Å². The van der Waals surface area contributed by atoms with Crippen molar-refractivity contribution in [2.75, 3.05) is 0 Å². The number of rotatable bonds is 2. The molecule has 0 unspecified atom stereocenters. The summed E-state index contributed by atoms with van der Waals surface area (Å²) in [6.07, 6.45) is 13.0. The topological polar surface area (TPSA) is 17.3 Å². The zero-order valence-corrected chi connectivity index (χ0v) is 10.2. The fraction of sp³-hybridized carbons (Fsp3) is 0.0714. The third-order valence-electron chi connectivity index (χ3n) is 2.84. The van der Waals surface area contributed by atoms with Crippen molar-refractivity contribution >= 4 is 34.5 Å². The van der Waals surface area contributed by atoms with Crippen molar-refractivity contribution in [2.45, 2.75) is 6.42 Å². The Bertz CT molecular complexity index is 668. The van der Waals surface area contributed by atoms with E-state index in [9.17, 15) is 0 Å². The fourth-order valence-electron chi connectivity index (χ4n) is 2.08. The third kappa shape index (κ3) is 1.43. The summed E-state index contributed by atoms with van der Waals surface area (Å²) in [6, 6.07) is 0. The van der Waals surface area contributed by atoms with Crippen LogP contribution < -0.4 is 0 Å². The predicted octanol–water partition coefficient (Wildman–Crippen LogP) is 3.81. The third-order valence-corrected chi connectivity index (χ3v) is 3.92. The van der Waals surface area contributed by atoms with Crippen molar-refractivity contribution in [3.8, 4) is 0 Å². The highest BCUT2D eigenvalue weighted by Gasteiger charge is 2.16. The average Bonchev–Trinajstić information content (AvgIpc) is 2.76. The van der Waals surface area contributed by atoms with Gasteiger partial charge >= 0.3 is 0 Å². The van der Waals surface area contributed by atoms with E-state index in [4.69, 9.17) is 0 Å². The van der Waals surface area contributed by atoms with E-state index in [0.29, 0.717) is 0 Å². The van der Waals surface area contributed by atoms with E-state index in [1.165, 1.54) is 10.6 Å². The Labute approximate surface area is 104 Å². The van der Waals surface area contributed by atoms with Crippen LogP contribution in [0.25, 0.3) is 23.2 Å². The quantitative estimate of drug-likeness (QED) is 0.780. The van der Waals surface area contributed by atoms with E-state index in [1.54, 1.807) is 17.4 Å². The van der Waals surface area contributed by atoms with E-state index < -0.39 is 0 Å². The van der Waals surface area contributed by atoms with Gasteiger partial charge in [-0.1, -0.05) is 31.4 Å². The fourth-order valence-corrected chi connectivity index (χ4v) is 3.17. The number of hydrogen-bond donors (Lipinski definition) is 0. The molecule has 0 aromatic carbocycles. The first-order chi connectivity index (χ1) is 8.35. The van der Waals surface area contributed by atoms with Gasteiger partial charge in [0.2, 0.25) is 0 Å². The van der Waals surface area contributed by atoms with Gasteiger partial charge in [0.25, 0.3) is 0 Å². The highest BCUT2D eigenvalue weighted by atomic mass is 32.1. The molecule has 17 heavy (non-hydrogen) atoms. The van der Waals surface area contributed by atoms with Gasteiger partial charge in [0, 0.05) is 11.3 Å². The van der Waals surface area contributed by atoms with Gasteiger partial charge in [-0.3, -0.25) is 4.40 Å². The van der Waals surface area contributed by atoms with Gasteiger partial charge in [-0.15, -0.1) is 11.3 Å². The Hall–Kier alpha value is -1.87. The monoisotopic (exact) mass is 240 g/mol. The molecule has 2 aromatic heterocycles. The van der Waals surface area contributed by atoms with Crippen LogP contribution in [-0.2, 0) is 6.42 Å². The number of allylic oxidation sites excluding steroid dienone is 3. The van der Waals surface area contributed by atoms with E-state index in [1.807, 2.05) is 6.08 Å². The van der Waals surface area contributed by atoms with Crippen LogP contribution in [0.2, 0.25) is 0 Å². The molecular weight excluding hydrogens is 228 g/mol. The lowest BCUT2D eigenvalue weighted by molar-refractivity contribution is 1.15. The first kappa shape index (κ1) is 10.3. The highest BCUT2D eigenvalue weighted by Crippen LogP contribution is 2.30. The van der Waals surface area contributed by atoms with Crippen molar-refractivity contribution in [3.63, 3.8) is 0 Å². The van der Waals surface area contributed by atoms with Gasteiger partial charge in [0.15, 0.2) is 4.96 Å². The summed E-state index contributed by atoms with van der Waals surface area (Å²) in [4.78, 5) is 6.93. The van der Waals surface area contributed by atoms with Gasteiger partial charge in [-0.25, -0.2) is 4.98 Å². The Kier molecular flexibility index (Phi) is 2.34. The first-order valence-electron chi connectivity index (χ1n) is 5.47. The molecule has 0 atom stereocenters. The Morgan fingerprint density at radius 3 is 2.94 bits per heavy atom. The lowest BCUT2D eigenvalue weighted by Crippen LogP contribution is -1.91.